The minimum absolute atomic E-state index is 0.102. The highest BCUT2D eigenvalue weighted by atomic mass is 32.2. The van der Waals surface area contributed by atoms with Crippen molar-refractivity contribution in [3.63, 3.8) is 0 Å². The average Bonchev–Trinajstić information content (AvgIpc) is 2.03. The van der Waals surface area contributed by atoms with E-state index in [2.05, 4.69) is 0 Å². The third-order valence-corrected chi connectivity index (χ3v) is 2.66. The fourth-order valence-corrected chi connectivity index (χ4v) is 1.48. The lowest BCUT2D eigenvalue weighted by atomic mass is 10.1. The fraction of sp³-hybridized carbons (Fsp3) is 0.250. The second-order valence-electron chi connectivity index (χ2n) is 2.90. The van der Waals surface area contributed by atoms with Gasteiger partial charge in [0.05, 0.1) is 4.90 Å². The van der Waals surface area contributed by atoms with Crippen LogP contribution in [0.5, 0.6) is 0 Å². The predicted octanol–water partition coefficient (Wildman–Crippen LogP) is 0.354. The molecule has 72 valence electrons. The highest BCUT2D eigenvalue weighted by Crippen LogP contribution is 2.12. The zero-order chi connectivity index (χ0) is 10.1. The molecule has 0 saturated carbocycles. The Morgan fingerprint density at radius 1 is 1.23 bits per heavy atom. The third-order valence-electron chi connectivity index (χ3n) is 1.73. The van der Waals surface area contributed by atoms with Crippen LogP contribution in [0.2, 0.25) is 0 Å². The number of hydrogen-bond donors (Lipinski definition) is 2. The van der Waals surface area contributed by atoms with Gasteiger partial charge < -0.3 is 5.73 Å². The predicted molar refractivity (Wildman–Crippen MR) is 50.4 cm³/mol. The Hall–Kier alpha value is -0.910. The van der Waals surface area contributed by atoms with Crippen molar-refractivity contribution in [2.75, 3.05) is 0 Å². The molecule has 0 aliphatic carbocycles. The summed E-state index contributed by atoms with van der Waals surface area (Å²) in [5.41, 5.74) is 6.47. The lowest BCUT2D eigenvalue weighted by Gasteiger charge is -2.05. The summed E-state index contributed by atoms with van der Waals surface area (Å²) in [6.07, 6.45) is 0. The second-order valence-corrected chi connectivity index (χ2v) is 4.46. The molecule has 0 aromatic heterocycles. The van der Waals surface area contributed by atoms with Crippen molar-refractivity contribution in [2.45, 2.75) is 17.9 Å². The highest BCUT2D eigenvalue weighted by Gasteiger charge is 2.07. The van der Waals surface area contributed by atoms with Crippen LogP contribution in [0.3, 0.4) is 0 Å². The molecule has 1 atom stereocenters. The van der Waals surface area contributed by atoms with E-state index in [1.54, 1.807) is 12.1 Å². The van der Waals surface area contributed by atoms with Crippen LogP contribution in [0.15, 0.2) is 29.2 Å². The Balaban J connectivity index is 3.08. The van der Waals surface area contributed by atoms with E-state index in [-0.39, 0.29) is 10.9 Å². The summed E-state index contributed by atoms with van der Waals surface area (Å²) in [5, 5.41) is 4.92. The fourth-order valence-electron chi connectivity index (χ4n) is 0.961. The van der Waals surface area contributed by atoms with Gasteiger partial charge in [-0.2, -0.15) is 0 Å². The van der Waals surface area contributed by atoms with Crippen molar-refractivity contribution in [3.05, 3.63) is 29.8 Å². The van der Waals surface area contributed by atoms with E-state index in [0.29, 0.717) is 0 Å². The molecule has 0 heterocycles. The average molecular weight is 200 g/mol. The summed E-state index contributed by atoms with van der Waals surface area (Å²) in [6, 6.07) is 6.12. The monoisotopic (exact) mass is 200 g/mol. The first-order valence-electron chi connectivity index (χ1n) is 3.79. The Kier molecular flexibility index (Phi) is 2.70. The molecule has 1 aromatic carbocycles. The lowest BCUT2D eigenvalue weighted by Crippen LogP contribution is -2.12. The zero-order valence-electron chi connectivity index (χ0n) is 7.27. The van der Waals surface area contributed by atoms with Crippen molar-refractivity contribution >= 4 is 10.0 Å². The van der Waals surface area contributed by atoms with Gasteiger partial charge in [-0.3, -0.25) is 0 Å². The molecule has 1 aromatic rings. The van der Waals surface area contributed by atoms with Crippen LogP contribution in [0.25, 0.3) is 0 Å². The van der Waals surface area contributed by atoms with Crippen LogP contribution < -0.4 is 10.9 Å². The van der Waals surface area contributed by atoms with Crippen LogP contribution in [0.1, 0.15) is 18.5 Å². The van der Waals surface area contributed by atoms with Crippen LogP contribution in [0, 0.1) is 0 Å². The van der Waals surface area contributed by atoms with E-state index < -0.39 is 10.0 Å². The quantitative estimate of drug-likeness (QED) is 0.722. The maximum absolute atomic E-state index is 10.9. The van der Waals surface area contributed by atoms with Gasteiger partial charge in [0.1, 0.15) is 0 Å². The zero-order valence-corrected chi connectivity index (χ0v) is 8.08. The van der Waals surface area contributed by atoms with Gasteiger partial charge in [-0.15, -0.1) is 0 Å². The van der Waals surface area contributed by atoms with Crippen LogP contribution >= 0.6 is 0 Å². The van der Waals surface area contributed by atoms with Crippen LogP contribution in [0.4, 0.5) is 0 Å². The second kappa shape index (κ2) is 3.45. The van der Waals surface area contributed by atoms with Gasteiger partial charge in [0.2, 0.25) is 10.0 Å². The summed E-state index contributed by atoms with van der Waals surface area (Å²) in [7, 11) is -3.59. The van der Waals surface area contributed by atoms with Crippen LogP contribution in [-0.4, -0.2) is 8.42 Å². The number of nitrogens with two attached hydrogens (primary N) is 2. The van der Waals surface area contributed by atoms with Gasteiger partial charge in [0, 0.05) is 6.04 Å². The summed E-state index contributed by atoms with van der Waals surface area (Å²) >= 11 is 0. The van der Waals surface area contributed by atoms with Crippen molar-refractivity contribution in [1.29, 1.82) is 0 Å². The van der Waals surface area contributed by atoms with E-state index in [4.69, 9.17) is 10.9 Å². The number of hydrogen-bond acceptors (Lipinski definition) is 3. The number of sulfonamides is 1. The van der Waals surface area contributed by atoms with E-state index in [0.717, 1.165) is 5.56 Å². The molecular formula is C8H12N2O2S. The molecule has 0 radical (unpaired) electrons. The van der Waals surface area contributed by atoms with Gasteiger partial charge in [-0.05, 0) is 24.6 Å². The standard InChI is InChI=1S/C8H12N2O2S/c1-6(9)7-2-4-8(5-3-7)13(10,11)12/h2-6H,9H2,1H3,(H2,10,11,12)/t6-/m1/s1. The molecule has 0 spiro atoms. The van der Waals surface area contributed by atoms with Crippen LogP contribution in [-0.2, 0) is 10.0 Å². The van der Waals surface area contributed by atoms with Gasteiger partial charge in [-0.25, -0.2) is 13.6 Å². The van der Waals surface area contributed by atoms with Gasteiger partial charge in [0.15, 0.2) is 0 Å². The first-order chi connectivity index (χ1) is 5.91. The van der Waals surface area contributed by atoms with E-state index >= 15 is 0 Å². The maximum Gasteiger partial charge on any atom is 0.238 e. The van der Waals surface area contributed by atoms with E-state index in [1.807, 2.05) is 6.92 Å². The number of primary sulfonamides is 1. The number of rotatable bonds is 2. The summed E-state index contributed by atoms with van der Waals surface area (Å²) in [6.45, 7) is 1.83. The first kappa shape index (κ1) is 10.2. The Morgan fingerprint density at radius 2 is 1.69 bits per heavy atom. The molecule has 4 N–H and O–H groups in total. The van der Waals surface area contributed by atoms with E-state index in [1.165, 1.54) is 12.1 Å². The van der Waals surface area contributed by atoms with Crippen molar-refractivity contribution in [2.24, 2.45) is 10.9 Å². The van der Waals surface area contributed by atoms with E-state index in [9.17, 15) is 8.42 Å². The Morgan fingerprint density at radius 3 is 2.00 bits per heavy atom. The molecule has 0 unspecified atom stereocenters. The largest absolute Gasteiger partial charge is 0.324 e. The minimum Gasteiger partial charge on any atom is -0.324 e. The Labute approximate surface area is 77.6 Å². The Bertz CT molecular complexity index is 381. The molecule has 0 bridgehead atoms. The molecule has 5 heteroatoms. The molecule has 0 aliphatic rings. The summed E-state index contributed by atoms with van der Waals surface area (Å²) in [5.74, 6) is 0. The smallest absolute Gasteiger partial charge is 0.238 e. The molecule has 13 heavy (non-hydrogen) atoms. The summed E-state index contributed by atoms with van der Waals surface area (Å²) < 4.78 is 21.7. The molecule has 0 saturated heterocycles. The van der Waals surface area contributed by atoms with Crippen molar-refractivity contribution < 1.29 is 8.42 Å². The lowest BCUT2D eigenvalue weighted by molar-refractivity contribution is 0.597. The summed E-state index contributed by atoms with van der Waals surface area (Å²) in [4.78, 5) is 0.108. The molecule has 0 aliphatic heterocycles. The van der Waals surface area contributed by atoms with Crippen molar-refractivity contribution in [1.82, 2.24) is 0 Å². The molecule has 0 amide bonds. The van der Waals surface area contributed by atoms with Gasteiger partial charge in [0.25, 0.3) is 0 Å². The molecule has 4 nitrogen and oxygen atoms in total. The maximum atomic E-state index is 10.9. The van der Waals surface area contributed by atoms with Crippen molar-refractivity contribution in [3.8, 4) is 0 Å². The highest BCUT2D eigenvalue weighted by molar-refractivity contribution is 7.89. The first-order valence-corrected chi connectivity index (χ1v) is 5.34. The number of benzene rings is 1. The van der Waals surface area contributed by atoms with Gasteiger partial charge >= 0.3 is 0 Å². The normalized spacial score (nSPS) is 14.1. The SMILES string of the molecule is C[C@@H](N)c1ccc(S(N)(=O)=O)cc1. The van der Waals surface area contributed by atoms with Gasteiger partial charge in [-0.1, -0.05) is 12.1 Å². The topological polar surface area (TPSA) is 86.2 Å². The molecule has 0 fully saturated rings. The minimum atomic E-state index is -3.59. The third kappa shape index (κ3) is 2.51. The molecule has 1 rings (SSSR count). The molecular weight excluding hydrogens is 188 g/mol.